The first-order valence-corrected chi connectivity index (χ1v) is 8.96. The van der Waals surface area contributed by atoms with Crippen LogP contribution in [0.3, 0.4) is 0 Å². The molecule has 1 saturated heterocycles. The van der Waals surface area contributed by atoms with Gasteiger partial charge in [-0.05, 0) is 50.2 Å². The maximum Gasteiger partial charge on any atom is 0.320 e. The van der Waals surface area contributed by atoms with Gasteiger partial charge in [0.25, 0.3) is 0 Å². The number of benzene rings is 1. The fourth-order valence-corrected chi connectivity index (χ4v) is 3.82. The van der Waals surface area contributed by atoms with E-state index < -0.39 is 6.17 Å². The van der Waals surface area contributed by atoms with Crippen LogP contribution in [0.1, 0.15) is 23.5 Å². The second-order valence-corrected chi connectivity index (χ2v) is 7.14. The summed E-state index contributed by atoms with van der Waals surface area (Å²) in [6.07, 6.45) is 1.69. The Kier molecular flexibility index (Phi) is 4.43. The standard InChI is InChI=1S/C19H23FN6O/c1-11-6-12-9-22-26(18-8-17(21)23-19(24-18)27-3)16(12)7-14(11)13-4-5-25(2)10-15(13)20/h6-9,13,15H,4-5,10H2,1-3H3,(H2,21,23,24)/t13-,15-/m0/s1. The Bertz CT molecular complexity index is 988. The predicted octanol–water partition coefficient (Wildman–Crippen LogP) is 2.47. The summed E-state index contributed by atoms with van der Waals surface area (Å²) < 4.78 is 21.6. The smallest absolute Gasteiger partial charge is 0.320 e. The third kappa shape index (κ3) is 3.21. The summed E-state index contributed by atoms with van der Waals surface area (Å²) in [6, 6.07) is 5.91. The van der Waals surface area contributed by atoms with Gasteiger partial charge in [-0.2, -0.15) is 15.1 Å². The lowest BCUT2D eigenvalue weighted by Crippen LogP contribution is -2.38. The van der Waals surface area contributed by atoms with Gasteiger partial charge in [-0.3, -0.25) is 0 Å². The molecule has 3 heterocycles. The van der Waals surface area contributed by atoms with Crippen LogP contribution in [-0.4, -0.2) is 58.1 Å². The van der Waals surface area contributed by atoms with Crippen molar-refractivity contribution in [3.8, 4) is 11.8 Å². The van der Waals surface area contributed by atoms with Gasteiger partial charge in [-0.1, -0.05) is 0 Å². The Morgan fingerprint density at radius 2 is 2.07 bits per heavy atom. The molecule has 0 amide bonds. The third-order valence-corrected chi connectivity index (χ3v) is 5.21. The number of nitrogens with two attached hydrogens (primary N) is 1. The van der Waals surface area contributed by atoms with Gasteiger partial charge in [-0.15, -0.1) is 0 Å². The largest absolute Gasteiger partial charge is 0.467 e. The summed E-state index contributed by atoms with van der Waals surface area (Å²) in [5, 5.41) is 5.42. The van der Waals surface area contributed by atoms with Crippen LogP contribution >= 0.6 is 0 Å². The minimum atomic E-state index is -0.883. The Hall–Kier alpha value is -2.74. The van der Waals surface area contributed by atoms with E-state index in [2.05, 4.69) is 21.1 Å². The van der Waals surface area contributed by atoms with Gasteiger partial charge >= 0.3 is 6.01 Å². The first-order chi connectivity index (χ1) is 13.0. The normalized spacial score (nSPS) is 20.9. The molecule has 8 heteroatoms. The maximum atomic E-state index is 14.7. The number of nitrogen functional groups attached to an aromatic ring is 1. The molecule has 0 radical (unpaired) electrons. The lowest BCUT2D eigenvalue weighted by molar-refractivity contribution is 0.139. The number of alkyl halides is 1. The molecule has 142 valence electrons. The quantitative estimate of drug-likeness (QED) is 0.763. The van der Waals surface area contributed by atoms with Crippen molar-refractivity contribution >= 4 is 16.7 Å². The Morgan fingerprint density at radius 1 is 1.26 bits per heavy atom. The number of piperidine rings is 1. The molecule has 3 aromatic rings. The van der Waals surface area contributed by atoms with Crippen molar-refractivity contribution in [3.05, 3.63) is 35.5 Å². The molecule has 0 unspecified atom stereocenters. The number of halogens is 1. The number of aromatic nitrogens is 4. The van der Waals surface area contributed by atoms with E-state index in [-0.39, 0.29) is 11.9 Å². The van der Waals surface area contributed by atoms with E-state index in [1.54, 1.807) is 16.9 Å². The Morgan fingerprint density at radius 3 is 2.81 bits per heavy atom. The lowest BCUT2D eigenvalue weighted by Gasteiger charge is -2.33. The topological polar surface area (TPSA) is 82.1 Å². The van der Waals surface area contributed by atoms with Crippen molar-refractivity contribution in [2.75, 3.05) is 33.0 Å². The summed E-state index contributed by atoms with van der Waals surface area (Å²) in [4.78, 5) is 10.4. The van der Waals surface area contributed by atoms with Crippen molar-refractivity contribution in [2.45, 2.75) is 25.4 Å². The molecule has 27 heavy (non-hydrogen) atoms. The van der Waals surface area contributed by atoms with Gasteiger partial charge in [0.05, 0.1) is 18.8 Å². The molecule has 1 aliphatic rings. The van der Waals surface area contributed by atoms with E-state index in [1.807, 2.05) is 24.9 Å². The molecule has 1 aromatic carbocycles. The molecule has 0 aliphatic carbocycles. The second-order valence-electron chi connectivity index (χ2n) is 7.14. The van der Waals surface area contributed by atoms with Crippen LogP contribution in [0, 0.1) is 6.92 Å². The number of nitrogens with zero attached hydrogens (tertiary/aromatic N) is 5. The van der Waals surface area contributed by atoms with Gasteiger partial charge in [-0.25, -0.2) is 9.07 Å². The number of likely N-dealkylation sites (tertiary alicyclic amines) is 1. The van der Waals surface area contributed by atoms with Crippen LogP contribution in [0.15, 0.2) is 24.4 Å². The Labute approximate surface area is 157 Å². The number of methoxy groups -OCH3 is 1. The SMILES string of the molecule is COc1nc(N)cc(-n2ncc3cc(C)c([C@@H]4CCN(C)C[C@@H]4F)cc32)n1. The van der Waals surface area contributed by atoms with E-state index >= 15 is 0 Å². The fraction of sp³-hybridized carbons (Fsp3) is 0.421. The molecule has 2 N–H and O–H groups in total. The molecular weight excluding hydrogens is 347 g/mol. The zero-order valence-electron chi connectivity index (χ0n) is 15.7. The number of rotatable bonds is 3. The van der Waals surface area contributed by atoms with Gasteiger partial charge < -0.3 is 15.4 Å². The molecule has 4 rings (SSSR count). The predicted molar refractivity (Wildman–Crippen MR) is 102 cm³/mol. The number of fused-ring (bicyclic) bond motifs is 1. The zero-order chi connectivity index (χ0) is 19.1. The van der Waals surface area contributed by atoms with Gasteiger partial charge in [0.15, 0.2) is 5.82 Å². The minimum absolute atomic E-state index is 0.112. The summed E-state index contributed by atoms with van der Waals surface area (Å²) >= 11 is 0. The zero-order valence-corrected chi connectivity index (χ0v) is 15.7. The highest BCUT2D eigenvalue weighted by Crippen LogP contribution is 2.34. The molecule has 0 spiro atoms. The van der Waals surface area contributed by atoms with Gasteiger partial charge in [0.2, 0.25) is 0 Å². The van der Waals surface area contributed by atoms with Crippen molar-refractivity contribution < 1.29 is 9.13 Å². The number of ether oxygens (including phenoxy) is 1. The molecule has 0 bridgehead atoms. The minimum Gasteiger partial charge on any atom is -0.467 e. The lowest BCUT2D eigenvalue weighted by atomic mass is 9.85. The number of hydrogen-bond acceptors (Lipinski definition) is 6. The number of anilines is 1. The van der Waals surface area contributed by atoms with Gasteiger partial charge in [0, 0.05) is 23.9 Å². The summed E-state index contributed by atoms with van der Waals surface area (Å²) in [5.74, 6) is 0.704. The van der Waals surface area contributed by atoms with Crippen LogP contribution in [0.2, 0.25) is 0 Å². The van der Waals surface area contributed by atoms with Crippen LogP contribution < -0.4 is 10.5 Å². The molecule has 7 nitrogen and oxygen atoms in total. The van der Waals surface area contributed by atoms with E-state index in [4.69, 9.17) is 10.5 Å². The highest BCUT2D eigenvalue weighted by atomic mass is 19.1. The molecule has 1 aliphatic heterocycles. The monoisotopic (exact) mass is 370 g/mol. The average Bonchev–Trinajstić information content (AvgIpc) is 3.03. The average molecular weight is 370 g/mol. The van der Waals surface area contributed by atoms with Crippen LogP contribution in [0.5, 0.6) is 6.01 Å². The number of aryl methyl sites for hydroxylation is 1. The van der Waals surface area contributed by atoms with Crippen LogP contribution in [-0.2, 0) is 0 Å². The third-order valence-electron chi connectivity index (χ3n) is 5.21. The van der Waals surface area contributed by atoms with Crippen molar-refractivity contribution in [2.24, 2.45) is 0 Å². The van der Waals surface area contributed by atoms with Crippen LogP contribution in [0.4, 0.5) is 10.2 Å². The first kappa shape index (κ1) is 17.7. The van der Waals surface area contributed by atoms with E-state index in [0.29, 0.717) is 18.2 Å². The molecular formula is C19H23FN6O. The molecule has 2 aromatic heterocycles. The first-order valence-electron chi connectivity index (χ1n) is 8.96. The molecule has 0 saturated carbocycles. The van der Waals surface area contributed by atoms with Crippen molar-refractivity contribution in [1.29, 1.82) is 0 Å². The fourth-order valence-electron chi connectivity index (χ4n) is 3.82. The number of hydrogen-bond donors (Lipinski definition) is 1. The molecule has 1 fully saturated rings. The highest BCUT2D eigenvalue weighted by Gasteiger charge is 2.30. The summed E-state index contributed by atoms with van der Waals surface area (Å²) in [5.41, 5.74) is 8.83. The van der Waals surface area contributed by atoms with Crippen LogP contribution in [0.25, 0.3) is 16.7 Å². The van der Waals surface area contributed by atoms with E-state index in [0.717, 1.165) is 35.0 Å². The summed E-state index contributed by atoms with van der Waals surface area (Å²) in [7, 11) is 3.45. The Balaban J connectivity index is 1.82. The highest BCUT2D eigenvalue weighted by molar-refractivity contribution is 5.82. The van der Waals surface area contributed by atoms with E-state index in [9.17, 15) is 4.39 Å². The summed E-state index contributed by atoms with van der Waals surface area (Å²) in [6.45, 7) is 3.38. The van der Waals surface area contributed by atoms with Crippen molar-refractivity contribution in [1.82, 2.24) is 24.6 Å². The molecule has 2 atom stereocenters. The maximum absolute atomic E-state index is 14.7. The van der Waals surface area contributed by atoms with Crippen molar-refractivity contribution in [3.63, 3.8) is 0 Å². The van der Waals surface area contributed by atoms with E-state index in [1.165, 1.54) is 7.11 Å². The second kappa shape index (κ2) is 6.77. The van der Waals surface area contributed by atoms with Gasteiger partial charge in [0.1, 0.15) is 12.0 Å².